The van der Waals surface area contributed by atoms with Gasteiger partial charge in [-0.25, -0.2) is 0 Å². The van der Waals surface area contributed by atoms with E-state index in [1.165, 1.54) is 0 Å². The van der Waals surface area contributed by atoms with E-state index in [1.54, 1.807) is 14.2 Å². The maximum Gasteiger partial charge on any atom is 0.253 e. The third kappa shape index (κ3) is 7.96. The van der Waals surface area contributed by atoms with Crippen LogP contribution in [0.1, 0.15) is 31.2 Å². The van der Waals surface area contributed by atoms with Gasteiger partial charge in [0, 0.05) is 72.0 Å². The smallest absolute Gasteiger partial charge is 0.253 e. The second kappa shape index (κ2) is 12.9. The lowest BCUT2D eigenvalue weighted by Gasteiger charge is -2.30. The van der Waals surface area contributed by atoms with Crippen LogP contribution in [0, 0.1) is 0 Å². The van der Waals surface area contributed by atoms with E-state index in [0.29, 0.717) is 46.1 Å². The number of nitrogens with one attached hydrogen (secondary N) is 1. The van der Waals surface area contributed by atoms with Gasteiger partial charge in [-0.05, 0) is 30.5 Å². The lowest BCUT2D eigenvalue weighted by molar-refractivity contribution is -0.146. The molecule has 0 spiro atoms. The molecule has 1 saturated carbocycles. The third-order valence-electron chi connectivity index (χ3n) is 5.29. The first kappa shape index (κ1) is 23.8. The zero-order valence-electron chi connectivity index (χ0n) is 18.8. The van der Waals surface area contributed by atoms with Gasteiger partial charge < -0.3 is 33.9 Å². The number of hydrogen-bond acceptors (Lipinski definition) is 7. The van der Waals surface area contributed by atoms with Crippen molar-refractivity contribution >= 4 is 5.91 Å². The number of amides is 1. The molecule has 1 aliphatic heterocycles. The number of hydrogen-bond donors (Lipinski definition) is 1. The SMILES string of the molecule is COCCCOc1cc(CN(C(=O)C2CNCCO2)C2CC2)cc(OCCCOC)c1. The monoisotopic (exact) mass is 436 g/mol. The quantitative estimate of drug-likeness (QED) is 0.447. The molecule has 2 aliphatic rings. The summed E-state index contributed by atoms with van der Waals surface area (Å²) in [4.78, 5) is 15.1. The third-order valence-corrected chi connectivity index (χ3v) is 5.29. The normalized spacial score (nSPS) is 18.6. The Balaban J connectivity index is 1.68. The summed E-state index contributed by atoms with van der Waals surface area (Å²) < 4.78 is 27.8. The van der Waals surface area contributed by atoms with Gasteiger partial charge >= 0.3 is 0 Å². The maximum absolute atomic E-state index is 13.1. The molecule has 1 aliphatic carbocycles. The largest absolute Gasteiger partial charge is 0.493 e. The molecule has 8 heteroatoms. The number of rotatable bonds is 14. The van der Waals surface area contributed by atoms with Crippen LogP contribution in [-0.4, -0.2) is 83.3 Å². The van der Waals surface area contributed by atoms with Crippen molar-refractivity contribution in [2.45, 2.75) is 44.4 Å². The van der Waals surface area contributed by atoms with Crippen LogP contribution in [0.5, 0.6) is 11.5 Å². The molecule has 1 atom stereocenters. The number of carbonyl (C=O) groups excluding carboxylic acids is 1. The molecular weight excluding hydrogens is 400 g/mol. The minimum absolute atomic E-state index is 0.0590. The molecule has 1 heterocycles. The summed E-state index contributed by atoms with van der Waals surface area (Å²) in [7, 11) is 3.36. The second-order valence-corrected chi connectivity index (χ2v) is 7.96. The number of carbonyl (C=O) groups is 1. The van der Waals surface area contributed by atoms with Crippen LogP contribution in [0.25, 0.3) is 0 Å². The summed E-state index contributed by atoms with van der Waals surface area (Å²) in [6, 6.07) is 6.19. The molecule has 0 radical (unpaired) electrons. The van der Waals surface area contributed by atoms with Crippen LogP contribution >= 0.6 is 0 Å². The summed E-state index contributed by atoms with van der Waals surface area (Å²) >= 11 is 0. The number of nitrogens with zero attached hydrogens (tertiary/aromatic N) is 1. The van der Waals surface area contributed by atoms with Crippen molar-refractivity contribution in [3.8, 4) is 11.5 Å². The Morgan fingerprint density at radius 2 is 1.68 bits per heavy atom. The Labute approximate surface area is 185 Å². The van der Waals surface area contributed by atoms with Crippen molar-refractivity contribution < 1.29 is 28.5 Å². The Bertz CT molecular complexity index is 646. The van der Waals surface area contributed by atoms with Crippen molar-refractivity contribution in [3.05, 3.63) is 23.8 Å². The topological polar surface area (TPSA) is 78.5 Å². The summed E-state index contributed by atoms with van der Waals surface area (Å²) in [5, 5.41) is 3.25. The number of benzene rings is 1. The van der Waals surface area contributed by atoms with Crippen molar-refractivity contribution in [3.63, 3.8) is 0 Å². The molecule has 1 amide bonds. The molecule has 0 bridgehead atoms. The van der Waals surface area contributed by atoms with E-state index in [1.807, 2.05) is 23.1 Å². The summed E-state index contributed by atoms with van der Waals surface area (Å²) in [5.74, 6) is 1.55. The van der Waals surface area contributed by atoms with Crippen molar-refractivity contribution in [1.29, 1.82) is 0 Å². The lowest BCUT2D eigenvalue weighted by Crippen LogP contribution is -2.49. The number of morpholine rings is 1. The highest BCUT2D eigenvalue weighted by atomic mass is 16.5. The summed E-state index contributed by atoms with van der Waals surface area (Å²) in [6.45, 7) is 4.88. The molecule has 8 nitrogen and oxygen atoms in total. The van der Waals surface area contributed by atoms with Crippen LogP contribution in [0.2, 0.25) is 0 Å². The average molecular weight is 437 g/mol. The molecular formula is C23H36N2O6. The molecule has 0 aromatic heterocycles. The Kier molecular flexibility index (Phi) is 9.86. The van der Waals surface area contributed by atoms with Gasteiger partial charge in [-0.3, -0.25) is 4.79 Å². The standard InChI is InChI=1S/C23H36N2O6/c1-27-8-3-10-29-20-13-18(14-21(15-20)30-11-4-9-28-2)17-25(19-5-6-19)23(26)22-16-24-7-12-31-22/h13-15,19,22,24H,3-12,16-17H2,1-2H3. The second-order valence-electron chi connectivity index (χ2n) is 7.96. The Hall–Kier alpha value is -1.87. The van der Waals surface area contributed by atoms with E-state index >= 15 is 0 Å². The van der Waals surface area contributed by atoms with Gasteiger partial charge in [0.2, 0.25) is 0 Å². The average Bonchev–Trinajstić information content (AvgIpc) is 3.63. The van der Waals surface area contributed by atoms with E-state index in [-0.39, 0.29) is 11.9 Å². The molecule has 31 heavy (non-hydrogen) atoms. The first-order valence-electron chi connectivity index (χ1n) is 11.2. The van der Waals surface area contributed by atoms with Gasteiger partial charge in [0.05, 0.1) is 19.8 Å². The minimum atomic E-state index is -0.410. The molecule has 174 valence electrons. The van der Waals surface area contributed by atoms with E-state index in [9.17, 15) is 4.79 Å². The van der Waals surface area contributed by atoms with Gasteiger partial charge in [0.25, 0.3) is 5.91 Å². The van der Waals surface area contributed by atoms with E-state index in [4.69, 9.17) is 23.7 Å². The Morgan fingerprint density at radius 1 is 1.03 bits per heavy atom. The highest BCUT2D eigenvalue weighted by Gasteiger charge is 2.36. The fourth-order valence-corrected chi connectivity index (χ4v) is 3.55. The number of methoxy groups -OCH3 is 2. The lowest BCUT2D eigenvalue weighted by atomic mass is 10.1. The van der Waals surface area contributed by atoms with Crippen LogP contribution in [0.15, 0.2) is 18.2 Å². The molecule has 1 aromatic carbocycles. The van der Waals surface area contributed by atoms with Gasteiger partial charge in [-0.2, -0.15) is 0 Å². The zero-order chi connectivity index (χ0) is 21.9. The Morgan fingerprint density at radius 3 is 2.19 bits per heavy atom. The first-order valence-corrected chi connectivity index (χ1v) is 11.2. The van der Waals surface area contributed by atoms with Crippen LogP contribution < -0.4 is 14.8 Å². The van der Waals surface area contributed by atoms with E-state index < -0.39 is 6.10 Å². The molecule has 2 fully saturated rings. The predicted molar refractivity (Wildman–Crippen MR) is 117 cm³/mol. The zero-order valence-corrected chi connectivity index (χ0v) is 18.8. The fourth-order valence-electron chi connectivity index (χ4n) is 3.55. The van der Waals surface area contributed by atoms with Crippen LogP contribution in [0.4, 0.5) is 0 Å². The summed E-state index contributed by atoms with van der Waals surface area (Å²) in [5.41, 5.74) is 0.995. The van der Waals surface area contributed by atoms with Crippen molar-refractivity contribution in [2.75, 3.05) is 60.3 Å². The first-order chi connectivity index (χ1) is 15.2. The van der Waals surface area contributed by atoms with Gasteiger partial charge in [0.1, 0.15) is 17.6 Å². The molecule has 1 N–H and O–H groups in total. The van der Waals surface area contributed by atoms with Crippen molar-refractivity contribution in [1.82, 2.24) is 10.2 Å². The van der Waals surface area contributed by atoms with E-state index in [0.717, 1.165) is 49.3 Å². The maximum atomic E-state index is 13.1. The highest BCUT2D eigenvalue weighted by Crippen LogP contribution is 2.31. The van der Waals surface area contributed by atoms with Crippen LogP contribution in [0.3, 0.4) is 0 Å². The minimum Gasteiger partial charge on any atom is -0.493 e. The predicted octanol–water partition coefficient (Wildman–Crippen LogP) is 2.00. The van der Waals surface area contributed by atoms with Crippen LogP contribution in [-0.2, 0) is 25.5 Å². The fraction of sp³-hybridized carbons (Fsp3) is 0.696. The molecule has 1 unspecified atom stereocenters. The molecule has 1 saturated heterocycles. The molecule has 1 aromatic rings. The molecule has 3 rings (SSSR count). The number of ether oxygens (including phenoxy) is 5. The van der Waals surface area contributed by atoms with Gasteiger partial charge in [-0.1, -0.05) is 0 Å². The summed E-state index contributed by atoms with van der Waals surface area (Å²) in [6.07, 6.45) is 3.29. The highest BCUT2D eigenvalue weighted by molar-refractivity contribution is 5.82. The van der Waals surface area contributed by atoms with Gasteiger partial charge in [0.15, 0.2) is 0 Å². The van der Waals surface area contributed by atoms with Gasteiger partial charge in [-0.15, -0.1) is 0 Å². The van der Waals surface area contributed by atoms with E-state index in [2.05, 4.69) is 5.32 Å². The van der Waals surface area contributed by atoms with Crippen molar-refractivity contribution in [2.24, 2.45) is 0 Å².